The van der Waals surface area contributed by atoms with Crippen LogP contribution in [0.1, 0.15) is 31.9 Å². The molecule has 2 aromatic carbocycles. The van der Waals surface area contributed by atoms with Crippen molar-refractivity contribution in [3.63, 3.8) is 0 Å². The number of hydrogen-bond acceptors (Lipinski definition) is 2. The first kappa shape index (κ1) is 19.8. The van der Waals surface area contributed by atoms with Crippen molar-refractivity contribution in [2.24, 2.45) is 0 Å². The summed E-state index contributed by atoms with van der Waals surface area (Å²) in [5.74, 6) is -4.08. The lowest BCUT2D eigenvalue weighted by Crippen LogP contribution is -2.92. The van der Waals surface area contributed by atoms with E-state index < -0.39 is 29.4 Å². The van der Waals surface area contributed by atoms with E-state index in [4.69, 9.17) is 4.74 Å². The fourth-order valence-electron chi connectivity index (χ4n) is 2.64. The third-order valence-corrected chi connectivity index (χ3v) is 4.21. The molecule has 0 aliphatic heterocycles. The molecule has 0 aliphatic carbocycles. The van der Waals surface area contributed by atoms with Gasteiger partial charge in [-0.2, -0.15) is 0 Å². The monoisotopic (exact) mass is 367 g/mol. The van der Waals surface area contributed by atoms with Gasteiger partial charge in [0.25, 0.3) is 5.91 Å². The second kappa shape index (κ2) is 8.71. The molecular formula is C19H22F3N2O2+. The Hall–Kier alpha value is -2.54. The predicted molar refractivity (Wildman–Crippen MR) is 92.4 cm³/mol. The molecule has 2 aromatic rings. The number of anilines is 1. The van der Waals surface area contributed by atoms with E-state index in [1.165, 1.54) is 0 Å². The number of halogens is 3. The molecule has 0 spiro atoms. The first-order valence-electron chi connectivity index (χ1n) is 8.30. The smallest absolute Gasteiger partial charge is 0.282 e. The van der Waals surface area contributed by atoms with Crippen molar-refractivity contribution in [3.8, 4) is 5.75 Å². The highest BCUT2D eigenvalue weighted by Crippen LogP contribution is 2.20. The predicted octanol–water partition coefficient (Wildman–Crippen LogP) is 3.15. The van der Waals surface area contributed by atoms with E-state index in [9.17, 15) is 18.0 Å². The zero-order valence-corrected chi connectivity index (χ0v) is 14.9. The topological polar surface area (TPSA) is 54.9 Å². The Balaban J connectivity index is 2.06. The van der Waals surface area contributed by atoms with Gasteiger partial charge in [-0.25, -0.2) is 13.2 Å². The van der Waals surface area contributed by atoms with Crippen molar-refractivity contribution in [3.05, 3.63) is 59.4 Å². The first-order chi connectivity index (χ1) is 12.4. The van der Waals surface area contributed by atoms with Crippen LogP contribution in [0.25, 0.3) is 0 Å². The van der Waals surface area contributed by atoms with Crippen molar-refractivity contribution in [2.45, 2.75) is 32.4 Å². The molecule has 2 atom stereocenters. The summed E-state index contributed by atoms with van der Waals surface area (Å²) in [6, 6.07) is 8.74. The fourth-order valence-corrected chi connectivity index (χ4v) is 2.64. The molecule has 4 nitrogen and oxygen atoms in total. The average Bonchev–Trinajstić information content (AvgIpc) is 2.66. The van der Waals surface area contributed by atoms with Gasteiger partial charge in [0.05, 0.1) is 12.8 Å². The Kier molecular flexibility index (Phi) is 6.63. The Morgan fingerprint density at radius 2 is 1.77 bits per heavy atom. The average molecular weight is 367 g/mol. The highest BCUT2D eigenvalue weighted by atomic mass is 19.2. The molecule has 140 valence electrons. The number of carbonyl (C=O) groups excluding carboxylic acids is 1. The van der Waals surface area contributed by atoms with Crippen LogP contribution in [-0.4, -0.2) is 19.1 Å². The molecule has 0 aromatic heterocycles. The van der Waals surface area contributed by atoms with Crippen molar-refractivity contribution in [1.29, 1.82) is 0 Å². The molecule has 0 unspecified atom stereocenters. The van der Waals surface area contributed by atoms with Crippen LogP contribution in [0.4, 0.5) is 18.9 Å². The zero-order chi connectivity index (χ0) is 19.3. The number of ether oxygens (including phenoxy) is 1. The lowest BCUT2D eigenvalue weighted by Gasteiger charge is -2.19. The van der Waals surface area contributed by atoms with Crippen LogP contribution >= 0.6 is 0 Å². The largest absolute Gasteiger partial charge is 0.497 e. The standard InChI is InChI=1S/C19H21F3N2O2/c1-4-15(12-5-7-13(26-3)8-6-12)23-11(2)19(25)24-16-10-9-14(20)17(21)18(16)22/h5-11,15,23H,4H2,1-3H3,(H,24,25)/p+1/t11-,15+/m1/s1. The van der Waals surface area contributed by atoms with E-state index >= 15 is 0 Å². The van der Waals surface area contributed by atoms with Gasteiger partial charge in [-0.1, -0.05) is 6.92 Å². The van der Waals surface area contributed by atoms with Crippen molar-refractivity contribution < 1.29 is 28.0 Å². The van der Waals surface area contributed by atoms with Crippen LogP contribution in [-0.2, 0) is 4.79 Å². The number of hydrogen-bond donors (Lipinski definition) is 2. The molecule has 0 saturated heterocycles. The lowest BCUT2D eigenvalue weighted by molar-refractivity contribution is -0.713. The van der Waals surface area contributed by atoms with Crippen LogP contribution in [0.5, 0.6) is 5.75 Å². The minimum atomic E-state index is -1.61. The van der Waals surface area contributed by atoms with Gasteiger partial charge >= 0.3 is 0 Å². The summed E-state index contributed by atoms with van der Waals surface area (Å²) in [7, 11) is 1.59. The van der Waals surface area contributed by atoms with Crippen molar-refractivity contribution in [1.82, 2.24) is 0 Å². The third kappa shape index (κ3) is 4.54. The second-order valence-electron chi connectivity index (χ2n) is 5.98. The van der Waals surface area contributed by atoms with E-state index in [0.717, 1.165) is 29.9 Å². The number of carbonyl (C=O) groups is 1. The first-order valence-corrected chi connectivity index (χ1v) is 8.30. The van der Waals surface area contributed by atoms with Gasteiger partial charge in [-0.05, 0) is 43.3 Å². The maximum atomic E-state index is 13.7. The summed E-state index contributed by atoms with van der Waals surface area (Å²) in [5, 5.41) is 4.15. The van der Waals surface area contributed by atoms with Crippen molar-refractivity contribution in [2.75, 3.05) is 12.4 Å². The molecule has 7 heteroatoms. The molecule has 0 radical (unpaired) electrons. The molecule has 0 saturated carbocycles. The molecule has 0 heterocycles. The molecule has 0 bridgehead atoms. The third-order valence-electron chi connectivity index (χ3n) is 4.21. The molecule has 3 N–H and O–H groups in total. The number of benzene rings is 2. The van der Waals surface area contributed by atoms with E-state index in [-0.39, 0.29) is 11.7 Å². The Bertz CT molecular complexity index is 766. The van der Waals surface area contributed by atoms with E-state index in [1.54, 1.807) is 14.0 Å². The van der Waals surface area contributed by atoms with Gasteiger partial charge < -0.3 is 15.4 Å². The fraction of sp³-hybridized carbons (Fsp3) is 0.316. The highest BCUT2D eigenvalue weighted by Gasteiger charge is 2.24. The van der Waals surface area contributed by atoms with Gasteiger partial charge in [0.2, 0.25) is 0 Å². The van der Waals surface area contributed by atoms with E-state index in [0.29, 0.717) is 0 Å². The summed E-state index contributed by atoms with van der Waals surface area (Å²) in [6.45, 7) is 3.66. The summed E-state index contributed by atoms with van der Waals surface area (Å²) < 4.78 is 45.1. The Morgan fingerprint density at radius 1 is 1.12 bits per heavy atom. The lowest BCUT2D eigenvalue weighted by atomic mass is 10.0. The van der Waals surface area contributed by atoms with Gasteiger partial charge in [-0.3, -0.25) is 4.79 Å². The molecule has 1 amide bonds. The normalized spacial score (nSPS) is 13.2. The zero-order valence-electron chi connectivity index (χ0n) is 14.9. The highest BCUT2D eigenvalue weighted by molar-refractivity contribution is 5.93. The Morgan fingerprint density at radius 3 is 2.35 bits per heavy atom. The number of amides is 1. The van der Waals surface area contributed by atoms with Gasteiger partial charge in [-0.15, -0.1) is 0 Å². The molecule has 0 fully saturated rings. The molecule has 26 heavy (non-hydrogen) atoms. The summed E-state index contributed by atoms with van der Waals surface area (Å²) in [6.07, 6.45) is 0.767. The van der Waals surface area contributed by atoms with Crippen molar-refractivity contribution >= 4 is 11.6 Å². The summed E-state index contributed by atoms with van der Waals surface area (Å²) in [4.78, 5) is 12.3. The SMILES string of the molecule is CC[C@H]([NH2+][C@H](C)C(=O)Nc1ccc(F)c(F)c1F)c1ccc(OC)cc1. The second-order valence-corrected chi connectivity index (χ2v) is 5.98. The van der Waals surface area contributed by atoms with Crippen LogP contribution in [0.3, 0.4) is 0 Å². The van der Waals surface area contributed by atoms with E-state index in [2.05, 4.69) is 5.32 Å². The molecule has 2 rings (SSSR count). The van der Waals surface area contributed by atoms with Crippen LogP contribution in [0.2, 0.25) is 0 Å². The quantitative estimate of drug-likeness (QED) is 0.739. The Labute approximate surface area is 150 Å². The number of nitrogens with one attached hydrogen (secondary N) is 1. The summed E-state index contributed by atoms with van der Waals surface area (Å²) >= 11 is 0. The molecular weight excluding hydrogens is 345 g/mol. The van der Waals surface area contributed by atoms with Crippen LogP contribution < -0.4 is 15.4 Å². The summed E-state index contributed by atoms with van der Waals surface area (Å²) in [5.41, 5.74) is 0.638. The number of methoxy groups -OCH3 is 1. The van der Waals surface area contributed by atoms with Gasteiger partial charge in [0.1, 0.15) is 11.8 Å². The number of quaternary nitrogens is 1. The van der Waals surface area contributed by atoms with Gasteiger partial charge in [0.15, 0.2) is 23.5 Å². The van der Waals surface area contributed by atoms with Gasteiger partial charge in [0, 0.05) is 12.0 Å². The number of nitrogens with two attached hydrogens (primary N) is 1. The maximum Gasteiger partial charge on any atom is 0.282 e. The number of rotatable bonds is 7. The minimum absolute atomic E-state index is 0.0106. The molecule has 0 aliphatic rings. The maximum absolute atomic E-state index is 13.7. The van der Waals surface area contributed by atoms with Crippen LogP contribution in [0.15, 0.2) is 36.4 Å². The van der Waals surface area contributed by atoms with Crippen LogP contribution in [0, 0.1) is 17.5 Å². The minimum Gasteiger partial charge on any atom is -0.497 e. The van der Waals surface area contributed by atoms with E-state index in [1.807, 2.05) is 36.5 Å².